The number of ketones is 1. The van der Waals surface area contributed by atoms with E-state index >= 15 is 0 Å². The summed E-state index contributed by atoms with van der Waals surface area (Å²) in [6, 6.07) is 10.2. The lowest BCUT2D eigenvalue weighted by molar-refractivity contribution is 0.104. The van der Waals surface area contributed by atoms with E-state index in [1.54, 1.807) is 18.2 Å². The Kier molecular flexibility index (Phi) is 9.17. The average molecular weight is 425 g/mol. The van der Waals surface area contributed by atoms with Crippen molar-refractivity contribution in [3.8, 4) is 17.2 Å². The minimum atomic E-state index is -0.176. The van der Waals surface area contributed by atoms with Gasteiger partial charge in [0.25, 0.3) is 0 Å². The molecule has 0 aliphatic carbocycles. The largest absolute Gasteiger partial charge is 0.508 e. The van der Waals surface area contributed by atoms with E-state index in [1.165, 1.54) is 12.1 Å². The van der Waals surface area contributed by atoms with Crippen LogP contribution in [0.15, 0.2) is 42.5 Å². The molecule has 0 aliphatic heterocycles. The number of ether oxygens (including phenoxy) is 2. The van der Waals surface area contributed by atoms with Gasteiger partial charge in [0, 0.05) is 17.2 Å². The van der Waals surface area contributed by atoms with Gasteiger partial charge >= 0.3 is 0 Å². The topological polar surface area (TPSA) is 55.8 Å². The Labute approximate surface area is 186 Å². The summed E-state index contributed by atoms with van der Waals surface area (Å²) in [4.78, 5) is 12.7. The van der Waals surface area contributed by atoms with Crippen LogP contribution < -0.4 is 9.47 Å². The molecule has 0 saturated carbocycles. The number of hydrogen-bond acceptors (Lipinski definition) is 4. The first-order valence-corrected chi connectivity index (χ1v) is 11.2. The number of allylic oxidation sites excluding steroid dienone is 1. The van der Waals surface area contributed by atoms with Gasteiger partial charge in [-0.15, -0.1) is 0 Å². The zero-order valence-corrected chi connectivity index (χ0v) is 19.5. The fraction of sp³-hybridized carbons (Fsp3) is 0.444. The fourth-order valence-electron chi connectivity index (χ4n) is 3.29. The predicted octanol–water partition coefficient (Wildman–Crippen LogP) is 6.94. The highest BCUT2D eigenvalue weighted by Gasteiger charge is 2.24. The molecule has 2 rings (SSSR count). The molecule has 0 bridgehead atoms. The highest BCUT2D eigenvalue weighted by molar-refractivity contribution is 6.07. The van der Waals surface area contributed by atoms with Gasteiger partial charge in [0.1, 0.15) is 17.2 Å². The second-order valence-electron chi connectivity index (χ2n) is 8.78. The van der Waals surface area contributed by atoms with Gasteiger partial charge in [-0.2, -0.15) is 0 Å². The fourth-order valence-corrected chi connectivity index (χ4v) is 3.29. The van der Waals surface area contributed by atoms with Crippen molar-refractivity contribution < 1.29 is 19.4 Å². The van der Waals surface area contributed by atoms with Crippen LogP contribution in [0.4, 0.5) is 0 Å². The lowest BCUT2D eigenvalue weighted by Crippen LogP contribution is -2.16. The van der Waals surface area contributed by atoms with Crippen molar-refractivity contribution in [3.63, 3.8) is 0 Å². The summed E-state index contributed by atoms with van der Waals surface area (Å²) in [6.07, 6.45) is 7.50. The molecule has 0 heterocycles. The van der Waals surface area contributed by atoms with Crippen molar-refractivity contribution in [1.29, 1.82) is 0 Å². The molecule has 31 heavy (non-hydrogen) atoms. The molecule has 0 radical (unpaired) electrons. The normalized spacial score (nSPS) is 11.6. The summed E-state index contributed by atoms with van der Waals surface area (Å²) in [7, 11) is 0. The molecular weight excluding hydrogens is 388 g/mol. The Hall–Kier alpha value is -2.75. The minimum Gasteiger partial charge on any atom is -0.508 e. The summed E-state index contributed by atoms with van der Waals surface area (Å²) < 4.78 is 12.1. The Morgan fingerprint density at radius 1 is 0.968 bits per heavy atom. The van der Waals surface area contributed by atoms with Gasteiger partial charge in [-0.05, 0) is 60.2 Å². The minimum absolute atomic E-state index is 0.120. The van der Waals surface area contributed by atoms with Crippen LogP contribution in [-0.4, -0.2) is 24.1 Å². The van der Waals surface area contributed by atoms with Gasteiger partial charge < -0.3 is 14.6 Å². The summed E-state index contributed by atoms with van der Waals surface area (Å²) in [5.74, 6) is 1.59. The van der Waals surface area contributed by atoms with Gasteiger partial charge in [-0.25, -0.2) is 0 Å². The van der Waals surface area contributed by atoms with Gasteiger partial charge in [0.05, 0.1) is 13.2 Å². The molecule has 0 fully saturated rings. The number of phenolic OH excluding ortho intramolecular Hbond substituents is 1. The summed E-state index contributed by atoms with van der Waals surface area (Å²) >= 11 is 0. The zero-order valence-electron chi connectivity index (χ0n) is 19.5. The van der Waals surface area contributed by atoms with E-state index in [0.29, 0.717) is 18.8 Å². The van der Waals surface area contributed by atoms with Crippen LogP contribution in [0, 0.1) is 0 Å². The number of carbonyl (C=O) groups is 1. The van der Waals surface area contributed by atoms with E-state index in [-0.39, 0.29) is 16.9 Å². The molecule has 0 aliphatic rings. The van der Waals surface area contributed by atoms with Gasteiger partial charge in [0.15, 0.2) is 5.78 Å². The van der Waals surface area contributed by atoms with Crippen LogP contribution in [0.3, 0.4) is 0 Å². The summed E-state index contributed by atoms with van der Waals surface area (Å²) in [5, 5.41) is 9.45. The number of rotatable bonds is 11. The van der Waals surface area contributed by atoms with E-state index in [1.807, 2.05) is 18.2 Å². The number of benzene rings is 2. The lowest BCUT2D eigenvalue weighted by Gasteiger charge is -2.26. The van der Waals surface area contributed by atoms with E-state index in [0.717, 1.165) is 48.3 Å². The molecular formula is C27H36O4. The molecule has 2 aromatic rings. The first-order chi connectivity index (χ1) is 14.8. The van der Waals surface area contributed by atoms with Crippen LogP contribution in [0.2, 0.25) is 0 Å². The molecule has 1 N–H and O–H groups in total. The maximum Gasteiger partial charge on any atom is 0.185 e. The van der Waals surface area contributed by atoms with Crippen LogP contribution >= 0.6 is 0 Å². The monoisotopic (exact) mass is 424 g/mol. The number of unbranched alkanes of at least 4 members (excludes halogenated alkanes) is 2. The number of aromatic hydroxyl groups is 1. The standard InChI is InChI=1S/C27H36O4/c1-6-8-16-30-23-18-21(12-15-24(29)20-10-13-22(28)14-11-20)26(27(3,4)5)25(19-23)31-17-9-7-2/h10-15,18-19,28H,6-9,16-17H2,1-5H3. The average Bonchev–Trinajstić information content (AvgIpc) is 2.72. The molecule has 0 unspecified atom stereocenters. The van der Waals surface area contributed by atoms with Crippen LogP contribution in [0.1, 0.15) is 81.8 Å². The van der Waals surface area contributed by atoms with Gasteiger partial charge in [0.2, 0.25) is 0 Å². The Bertz CT molecular complexity index is 873. The molecule has 2 aromatic carbocycles. The third-order valence-corrected chi connectivity index (χ3v) is 4.94. The van der Waals surface area contributed by atoms with Crippen LogP contribution in [0.25, 0.3) is 6.08 Å². The van der Waals surface area contributed by atoms with Crippen LogP contribution in [-0.2, 0) is 5.41 Å². The summed E-state index contributed by atoms with van der Waals surface area (Å²) in [6.45, 7) is 12.0. The maximum atomic E-state index is 12.7. The third kappa shape index (κ3) is 7.46. The lowest BCUT2D eigenvalue weighted by atomic mass is 9.82. The van der Waals surface area contributed by atoms with E-state index < -0.39 is 0 Å². The smallest absolute Gasteiger partial charge is 0.185 e. The van der Waals surface area contributed by atoms with Gasteiger partial charge in [-0.3, -0.25) is 4.79 Å². The van der Waals surface area contributed by atoms with E-state index in [9.17, 15) is 9.90 Å². The zero-order chi connectivity index (χ0) is 22.9. The highest BCUT2D eigenvalue weighted by atomic mass is 16.5. The second-order valence-corrected chi connectivity index (χ2v) is 8.78. The van der Waals surface area contributed by atoms with Crippen molar-refractivity contribution in [2.45, 2.75) is 65.7 Å². The van der Waals surface area contributed by atoms with E-state index in [2.05, 4.69) is 34.6 Å². The van der Waals surface area contributed by atoms with Crippen molar-refractivity contribution in [2.24, 2.45) is 0 Å². The predicted molar refractivity (Wildman–Crippen MR) is 127 cm³/mol. The van der Waals surface area contributed by atoms with Crippen molar-refractivity contribution >= 4 is 11.9 Å². The van der Waals surface area contributed by atoms with Crippen molar-refractivity contribution in [1.82, 2.24) is 0 Å². The molecule has 0 aromatic heterocycles. The third-order valence-electron chi connectivity index (χ3n) is 4.94. The SMILES string of the molecule is CCCCOc1cc(C=CC(=O)c2ccc(O)cc2)c(C(C)(C)C)c(OCCCC)c1. The Morgan fingerprint density at radius 2 is 1.58 bits per heavy atom. The maximum absolute atomic E-state index is 12.7. The van der Waals surface area contributed by atoms with Gasteiger partial charge in [-0.1, -0.05) is 53.5 Å². The van der Waals surface area contributed by atoms with Crippen molar-refractivity contribution in [3.05, 3.63) is 59.2 Å². The number of carbonyl (C=O) groups excluding carboxylic acids is 1. The Balaban J connectivity index is 2.44. The molecule has 0 amide bonds. The first kappa shape index (κ1) is 24.5. The quantitative estimate of drug-likeness (QED) is 0.241. The second kappa shape index (κ2) is 11.6. The number of hydrogen-bond donors (Lipinski definition) is 1. The summed E-state index contributed by atoms with van der Waals surface area (Å²) in [5.41, 5.74) is 2.33. The molecule has 0 spiro atoms. The van der Waals surface area contributed by atoms with E-state index in [4.69, 9.17) is 9.47 Å². The Morgan fingerprint density at radius 3 is 2.16 bits per heavy atom. The molecule has 0 saturated heterocycles. The molecule has 4 heteroatoms. The molecule has 168 valence electrons. The molecule has 4 nitrogen and oxygen atoms in total. The highest BCUT2D eigenvalue weighted by Crippen LogP contribution is 2.38. The van der Waals surface area contributed by atoms with Crippen molar-refractivity contribution in [2.75, 3.05) is 13.2 Å². The van der Waals surface area contributed by atoms with Crippen LogP contribution in [0.5, 0.6) is 17.2 Å². The molecule has 0 atom stereocenters. The first-order valence-electron chi connectivity index (χ1n) is 11.2. The number of phenols is 1.